The van der Waals surface area contributed by atoms with Gasteiger partial charge >= 0.3 is 0 Å². The number of hydrogen-bond acceptors (Lipinski definition) is 3. The van der Waals surface area contributed by atoms with Gasteiger partial charge in [-0.25, -0.2) is 0 Å². The topological polar surface area (TPSA) is 43.8 Å². The lowest BCUT2D eigenvalue weighted by molar-refractivity contribution is -0.133. The fourth-order valence-electron chi connectivity index (χ4n) is 5.84. The highest BCUT2D eigenvalue weighted by Crippen LogP contribution is 2.50. The molecule has 2 fully saturated rings. The van der Waals surface area contributed by atoms with Crippen LogP contribution in [0.15, 0.2) is 55.1 Å². The predicted molar refractivity (Wildman–Crippen MR) is 135 cm³/mol. The molecule has 176 valence electrons. The molecule has 1 heterocycles. The number of likely N-dealkylation sites (N-methyl/N-ethyl adjacent to an activating group) is 1. The van der Waals surface area contributed by atoms with Crippen LogP contribution in [0, 0.1) is 5.92 Å². The van der Waals surface area contributed by atoms with Gasteiger partial charge in [-0.05, 0) is 73.5 Å². The summed E-state index contributed by atoms with van der Waals surface area (Å²) in [5.41, 5.74) is 2.02. The zero-order valence-electron chi connectivity index (χ0n) is 19.1. The Morgan fingerprint density at radius 1 is 1.24 bits per heavy atom. The second-order valence-electron chi connectivity index (χ2n) is 9.57. The summed E-state index contributed by atoms with van der Waals surface area (Å²) in [6.45, 7) is 6.83. The van der Waals surface area contributed by atoms with Gasteiger partial charge < -0.3 is 10.0 Å². The smallest absolute Gasteiger partial charge is 0.226 e. The van der Waals surface area contributed by atoms with E-state index >= 15 is 0 Å². The first-order valence-electron chi connectivity index (χ1n) is 11.6. The first kappa shape index (κ1) is 24.1. The summed E-state index contributed by atoms with van der Waals surface area (Å²) in [5, 5.41) is 11.2. The number of hydrogen-bond donors (Lipinski definition) is 1. The number of phenolic OH excluding ortho intramolecular Hbond substituents is 1. The van der Waals surface area contributed by atoms with Gasteiger partial charge in [0.2, 0.25) is 5.91 Å². The summed E-state index contributed by atoms with van der Waals surface area (Å²) in [4.78, 5) is 17.6. The minimum atomic E-state index is -0.0442. The maximum atomic E-state index is 13.2. The van der Waals surface area contributed by atoms with E-state index in [4.69, 9.17) is 23.2 Å². The maximum absolute atomic E-state index is 13.2. The highest BCUT2D eigenvalue weighted by atomic mass is 35.5. The summed E-state index contributed by atoms with van der Waals surface area (Å²) < 4.78 is 0. The van der Waals surface area contributed by atoms with Gasteiger partial charge in [0.15, 0.2) is 0 Å². The molecule has 1 amide bonds. The van der Waals surface area contributed by atoms with Crippen LogP contribution >= 0.6 is 23.2 Å². The maximum Gasteiger partial charge on any atom is 0.226 e. The SMILES string of the molecule is C=CCN1CC[C@@]2(c3cccc(O)c3)C[C@@H](N(C)C(=O)Cc3ccc(Cl)c(Cl)c3)CC[C@@H]2C1. The Kier molecular flexibility index (Phi) is 7.37. The third-order valence-electron chi connectivity index (χ3n) is 7.67. The summed E-state index contributed by atoms with van der Waals surface area (Å²) >= 11 is 12.2. The summed E-state index contributed by atoms with van der Waals surface area (Å²) in [5.74, 6) is 0.884. The zero-order chi connectivity index (χ0) is 23.6. The Hall–Kier alpha value is -2.01. The molecule has 33 heavy (non-hydrogen) atoms. The van der Waals surface area contributed by atoms with Crippen molar-refractivity contribution in [1.82, 2.24) is 9.80 Å². The van der Waals surface area contributed by atoms with E-state index in [2.05, 4.69) is 17.5 Å². The van der Waals surface area contributed by atoms with Gasteiger partial charge in [-0.15, -0.1) is 6.58 Å². The molecule has 1 aliphatic carbocycles. The second kappa shape index (κ2) is 10.1. The molecule has 2 aromatic carbocycles. The lowest BCUT2D eigenvalue weighted by Gasteiger charge is -2.54. The van der Waals surface area contributed by atoms with E-state index in [9.17, 15) is 9.90 Å². The second-order valence-corrected chi connectivity index (χ2v) is 10.4. The molecule has 0 bridgehead atoms. The molecule has 0 spiro atoms. The molecular formula is C27H32Cl2N2O2. The number of benzene rings is 2. The quantitative estimate of drug-likeness (QED) is 0.532. The van der Waals surface area contributed by atoms with E-state index in [1.54, 1.807) is 18.2 Å². The number of fused-ring (bicyclic) bond motifs is 1. The van der Waals surface area contributed by atoms with Crippen molar-refractivity contribution in [1.29, 1.82) is 0 Å². The Balaban J connectivity index is 1.55. The number of aromatic hydroxyl groups is 1. The number of likely N-dealkylation sites (tertiary alicyclic amines) is 1. The van der Waals surface area contributed by atoms with Crippen LogP contribution in [0.1, 0.15) is 36.8 Å². The van der Waals surface area contributed by atoms with Gasteiger partial charge in [-0.3, -0.25) is 9.69 Å². The lowest BCUT2D eigenvalue weighted by Crippen LogP contribution is -2.56. The van der Waals surface area contributed by atoms with Crippen molar-refractivity contribution < 1.29 is 9.90 Å². The normalized spacial score (nSPS) is 25.3. The van der Waals surface area contributed by atoms with E-state index in [1.165, 1.54) is 5.56 Å². The number of amides is 1. The molecular weight excluding hydrogens is 455 g/mol. The van der Waals surface area contributed by atoms with Crippen LogP contribution in [0.5, 0.6) is 5.75 Å². The molecule has 1 N–H and O–H groups in total. The first-order valence-corrected chi connectivity index (χ1v) is 12.4. The van der Waals surface area contributed by atoms with Crippen molar-refractivity contribution >= 4 is 29.1 Å². The fourth-order valence-corrected chi connectivity index (χ4v) is 6.16. The van der Waals surface area contributed by atoms with Crippen LogP contribution in [0.25, 0.3) is 0 Å². The first-order chi connectivity index (χ1) is 15.8. The van der Waals surface area contributed by atoms with Gasteiger partial charge in [0, 0.05) is 31.6 Å². The van der Waals surface area contributed by atoms with Crippen molar-refractivity contribution in [2.45, 2.75) is 43.6 Å². The van der Waals surface area contributed by atoms with Gasteiger partial charge in [-0.2, -0.15) is 0 Å². The number of halogens is 2. The van der Waals surface area contributed by atoms with Gasteiger partial charge in [0.05, 0.1) is 16.5 Å². The average Bonchev–Trinajstić information content (AvgIpc) is 2.81. The third kappa shape index (κ3) is 5.08. The highest BCUT2D eigenvalue weighted by molar-refractivity contribution is 6.42. The number of phenols is 1. The molecule has 3 atom stereocenters. The van der Waals surface area contributed by atoms with Crippen molar-refractivity contribution in [3.8, 4) is 5.75 Å². The summed E-state index contributed by atoms with van der Waals surface area (Å²) in [6, 6.07) is 13.3. The molecule has 2 aliphatic rings. The number of carbonyl (C=O) groups is 1. The molecule has 4 rings (SSSR count). The average molecular weight is 487 g/mol. The van der Waals surface area contributed by atoms with E-state index in [1.807, 2.05) is 36.2 Å². The summed E-state index contributed by atoms with van der Waals surface area (Å²) in [6.07, 6.45) is 6.24. The molecule has 6 heteroatoms. The Morgan fingerprint density at radius 2 is 2.06 bits per heavy atom. The van der Waals surface area contributed by atoms with Crippen molar-refractivity contribution in [2.24, 2.45) is 5.92 Å². The zero-order valence-corrected chi connectivity index (χ0v) is 20.7. The van der Waals surface area contributed by atoms with E-state index in [0.29, 0.717) is 28.1 Å². The van der Waals surface area contributed by atoms with Gasteiger partial charge in [0.1, 0.15) is 5.75 Å². The monoisotopic (exact) mass is 486 g/mol. The van der Waals surface area contributed by atoms with Crippen LogP contribution in [-0.2, 0) is 16.6 Å². The Bertz CT molecular complexity index is 1030. The van der Waals surface area contributed by atoms with Gasteiger partial charge in [-0.1, -0.05) is 47.5 Å². The lowest BCUT2D eigenvalue weighted by atomic mass is 9.57. The molecule has 1 saturated heterocycles. The third-order valence-corrected chi connectivity index (χ3v) is 8.41. The molecule has 2 aromatic rings. The number of carbonyl (C=O) groups excluding carboxylic acids is 1. The predicted octanol–water partition coefficient (Wildman–Crippen LogP) is 5.70. The largest absolute Gasteiger partial charge is 0.508 e. The van der Waals surface area contributed by atoms with Crippen LogP contribution in [0.3, 0.4) is 0 Å². The van der Waals surface area contributed by atoms with Crippen LogP contribution in [-0.4, -0.2) is 53.5 Å². The van der Waals surface area contributed by atoms with Crippen LogP contribution < -0.4 is 0 Å². The minimum absolute atomic E-state index is 0.0442. The Morgan fingerprint density at radius 3 is 2.79 bits per heavy atom. The van der Waals surface area contributed by atoms with Crippen LogP contribution in [0.2, 0.25) is 10.0 Å². The van der Waals surface area contributed by atoms with Crippen LogP contribution in [0.4, 0.5) is 0 Å². The molecule has 0 radical (unpaired) electrons. The number of rotatable bonds is 6. The summed E-state index contributed by atoms with van der Waals surface area (Å²) in [7, 11) is 1.92. The van der Waals surface area contributed by atoms with Crippen molar-refractivity contribution in [3.63, 3.8) is 0 Å². The highest BCUT2D eigenvalue weighted by Gasteiger charge is 2.49. The molecule has 0 aromatic heterocycles. The van der Waals surface area contributed by atoms with Crippen molar-refractivity contribution in [3.05, 3.63) is 76.3 Å². The molecule has 1 aliphatic heterocycles. The Labute approximate surface area is 206 Å². The van der Waals surface area contributed by atoms with E-state index in [-0.39, 0.29) is 17.4 Å². The molecule has 0 unspecified atom stereocenters. The number of piperidine rings is 1. The van der Waals surface area contributed by atoms with E-state index < -0.39 is 0 Å². The van der Waals surface area contributed by atoms with Gasteiger partial charge in [0.25, 0.3) is 0 Å². The fraction of sp³-hybridized carbons (Fsp3) is 0.444. The molecule has 4 nitrogen and oxygen atoms in total. The minimum Gasteiger partial charge on any atom is -0.508 e. The molecule has 1 saturated carbocycles. The standard InChI is InChI=1S/C27H32Cl2N2O2/c1-3-12-31-13-11-27(20-5-4-6-23(32)16-20)17-22(9-8-21(27)18-31)30(2)26(33)15-19-7-10-24(28)25(29)14-19/h3-7,10,14,16,21-22,32H,1,8-9,11-13,15,17-18H2,2H3/t21-,22+,27+/m1/s1. The number of nitrogens with zero attached hydrogens (tertiary/aromatic N) is 2. The van der Waals surface area contributed by atoms with Crippen molar-refractivity contribution in [2.75, 3.05) is 26.7 Å². The van der Waals surface area contributed by atoms with E-state index in [0.717, 1.165) is 50.9 Å².